The second kappa shape index (κ2) is 9.68. The first kappa shape index (κ1) is 23.6. The molecule has 0 radical (unpaired) electrons. The van der Waals surface area contributed by atoms with E-state index >= 15 is 0 Å². The summed E-state index contributed by atoms with van der Waals surface area (Å²) < 4.78 is 4.43. The van der Waals surface area contributed by atoms with E-state index < -0.39 is 0 Å². The zero-order chi connectivity index (χ0) is 27.1. The highest BCUT2D eigenvalue weighted by Crippen LogP contribution is 2.37. The monoisotopic (exact) mass is 514 g/mol. The lowest BCUT2D eigenvalue weighted by atomic mass is 10.1. The lowest BCUT2D eigenvalue weighted by molar-refractivity contribution is 0.986. The third-order valence-corrected chi connectivity index (χ3v) is 7.33. The van der Waals surface area contributed by atoms with E-state index in [4.69, 9.17) is 9.97 Å². The number of aromatic nitrogens is 4. The molecular weight excluding hydrogens is 488 g/mol. The maximum atomic E-state index is 5.15. The van der Waals surface area contributed by atoms with E-state index in [9.17, 15) is 0 Å². The minimum atomic E-state index is 0.610. The lowest BCUT2D eigenvalue weighted by Crippen LogP contribution is -2.05. The molecule has 7 aromatic rings. The van der Waals surface area contributed by atoms with E-state index in [1.54, 1.807) is 6.08 Å². The Morgan fingerprint density at radius 2 is 1.43 bits per heavy atom. The topological polar surface area (TPSA) is 35.6 Å². The zero-order valence-electron chi connectivity index (χ0n) is 21.9. The molecule has 0 saturated heterocycles. The van der Waals surface area contributed by atoms with Crippen LogP contribution in [0.15, 0.2) is 147 Å². The molecule has 0 amide bonds. The van der Waals surface area contributed by atoms with Crippen LogP contribution in [0.3, 0.4) is 0 Å². The average molecular weight is 515 g/mol. The molecule has 7 rings (SSSR count). The molecule has 0 N–H and O–H groups in total. The lowest BCUT2D eigenvalue weighted by Gasteiger charge is -2.12. The molecule has 4 heteroatoms. The van der Waals surface area contributed by atoms with Crippen LogP contribution in [-0.4, -0.2) is 19.1 Å². The highest BCUT2D eigenvalue weighted by molar-refractivity contribution is 6.18. The van der Waals surface area contributed by atoms with Crippen LogP contribution >= 0.6 is 0 Å². The Hall–Kier alpha value is -5.48. The molecule has 4 aromatic carbocycles. The van der Waals surface area contributed by atoms with Crippen molar-refractivity contribution in [1.82, 2.24) is 19.1 Å². The number of para-hydroxylation sites is 2. The molecule has 0 saturated carbocycles. The van der Waals surface area contributed by atoms with Crippen LogP contribution < -0.4 is 0 Å². The molecule has 40 heavy (non-hydrogen) atoms. The maximum absolute atomic E-state index is 5.15. The Labute approximate surface area is 232 Å². The molecule has 4 nitrogen and oxygen atoms in total. The first-order valence-corrected chi connectivity index (χ1v) is 13.3. The first-order valence-electron chi connectivity index (χ1n) is 13.3. The van der Waals surface area contributed by atoms with Gasteiger partial charge in [0, 0.05) is 33.6 Å². The average Bonchev–Trinajstić information content (AvgIpc) is 3.60. The number of rotatable bonds is 6. The fourth-order valence-corrected chi connectivity index (χ4v) is 5.52. The van der Waals surface area contributed by atoms with Crippen molar-refractivity contribution in [3.05, 3.63) is 152 Å². The molecule has 190 valence electrons. The van der Waals surface area contributed by atoms with Gasteiger partial charge in [0.1, 0.15) is 0 Å². The predicted octanol–water partition coefficient (Wildman–Crippen LogP) is 8.94. The minimum Gasteiger partial charge on any atom is -0.316 e. The number of hydrogen-bond acceptors (Lipinski definition) is 2. The van der Waals surface area contributed by atoms with E-state index in [-0.39, 0.29) is 0 Å². The van der Waals surface area contributed by atoms with Crippen LogP contribution in [0.5, 0.6) is 0 Å². The normalized spacial score (nSPS) is 11.8. The fourth-order valence-electron chi connectivity index (χ4n) is 5.52. The molecule has 3 aromatic heterocycles. The highest BCUT2D eigenvalue weighted by atomic mass is 15.2. The molecule has 0 unspecified atom stereocenters. The molecular formula is C36H26N4. The molecule has 3 heterocycles. The molecule has 0 fully saturated rings. The van der Waals surface area contributed by atoms with Crippen LogP contribution in [0, 0.1) is 0 Å². The Morgan fingerprint density at radius 1 is 0.675 bits per heavy atom. The van der Waals surface area contributed by atoms with Gasteiger partial charge < -0.3 is 4.57 Å². The summed E-state index contributed by atoms with van der Waals surface area (Å²) in [7, 11) is 0. The van der Waals surface area contributed by atoms with Crippen LogP contribution in [0.4, 0.5) is 0 Å². The fraction of sp³-hybridized carbons (Fsp3) is 0. The highest BCUT2D eigenvalue weighted by Gasteiger charge is 2.20. The van der Waals surface area contributed by atoms with Gasteiger partial charge in [-0.25, -0.2) is 9.97 Å². The Bertz CT molecular complexity index is 2080. The molecule has 0 aliphatic carbocycles. The minimum absolute atomic E-state index is 0.610. The van der Waals surface area contributed by atoms with Gasteiger partial charge >= 0.3 is 0 Å². The van der Waals surface area contributed by atoms with Crippen LogP contribution in [0.1, 0.15) is 5.69 Å². The van der Waals surface area contributed by atoms with Gasteiger partial charge in [-0.15, -0.1) is 0 Å². The van der Waals surface area contributed by atoms with Crippen LogP contribution in [0.25, 0.3) is 61.2 Å². The second-order valence-corrected chi connectivity index (χ2v) is 9.63. The van der Waals surface area contributed by atoms with Crippen molar-refractivity contribution in [2.24, 2.45) is 0 Å². The summed E-state index contributed by atoms with van der Waals surface area (Å²) >= 11 is 0. The Morgan fingerprint density at radius 3 is 2.20 bits per heavy atom. The first-order chi connectivity index (χ1) is 19.8. The van der Waals surface area contributed by atoms with Crippen LogP contribution in [0.2, 0.25) is 0 Å². The SMILES string of the molecule is C=C/C=C(\C=C)c1cc(-c2ccccc2)nc(-n2c3ccccc3c3ccc4c(ccn4-c4ccccc4)c32)n1. The van der Waals surface area contributed by atoms with Crippen molar-refractivity contribution < 1.29 is 0 Å². The third-order valence-electron chi connectivity index (χ3n) is 7.33. The summed E-state index contributed by atoms with van der Waals surface area (Å²) in [6.45, 7) is 7.93. The van der Waals surface area contributed by atoms with Crippen molar-refractivity contribution in [2.45, 2.75) is 0 Å². The number of fused-ring (bicyclic) bond motifs is 5. The van der Waals surface area contributed by atoms with E-state index in [1.165, 1.54) is 0 Å². The second-order valence-electron chi connectivity index (χ2n) is 9.63. The number of allylic oxidation sites excluding steroid dienone is 4. The van der Waals surface area contributed by atoms with E-state index in [2.05, 4.69) is 107 Å². The van der Waals surface area contributed by atoms with Crippen LogP contribution in [-0.2, 0) is 0 Å². The largest absolute Gasteiger partial charge is 0.316 e. The molecule has 0 spiro atoms. The summed E-state index contributed by atoms with van der Waals surface area (Å²) in [5.41, 5.74) is 7.93. The summed E-state index contributed by atoms with van der Waals surface area (Å²) in [4.78, 5) is 10.3. The Balaban J connectivity index is 1.59. The summed E-state index contributed by atoms with van der Waals surface area (Å²) in [5, 5.41) is 3.46. The quantitative estimate of drug-likeness (QED) is 0.208. The number of hydrogen-bond donors (Lipinski definition) is 0. The zero-order valence-corrected chi connectivity index (χ0v) is 21.9. The van der Waals surface area contributed by atoms with Gasteiger partial charge in [-0.3, -0.25) is 4.57 Å². The third kappa shape index (κ3) is 3.77. The van der Waals surface area contributed by atoms with E-state index in [1.807, 2.05) is 42.5 Å². The van der Waals surface area contributed by atoms with Gasteiger partial charge in [-0.1, -0.05) is 104 Å². The van der Waals surface area contributed by atoms with E-state index in [0.29, 0.717) is 5.95 Å². The molecule has 0 bridgehead atoms. The molecule has 0 aliphatic rings. The smallest absolute Gasteiger partial charge is 0.235 e. The van der Waals surface area contributed by atoms with Crippen molar-refractivity contribution in [2.75, 3.05) is 0 Å². The van der Waals surface area contributed by atoms with Crippen molar-refractivity contribution in [3.63, 3.8) is 0 Å². The maximum Gasteiger partial charge on any atom is 0.235 e. The van der Waals surface area contributed by atoms with Crippen molar-refractivity contribution in [3.8, 4) is 22.9 Å². The number of nitrogens with zero attached hydrogens (tertiary/aromatic N) is 4. The van der Waals surface area contributed by atoms with Gasteiger partial charge in [-0.05, 0) is 42.0 Å². The summed E-state index contributed by atoms with van der Waals surface area (Å²) in [6.07, 6.45) is 7.64. The Kier molecular flexibility index (Phi) is 5.72. The van der Waals surface area contributed by atoms with Gasteiger partial charge in [0.15, 0.2) is 0 Å². The van der Waals surface area contributed by atoms with Gasteiger partial charge in [0.2, 0.25) is 5.95 Å². The molecule has 0 aliphatic heterocycles. The summed E-state index contributed by atoms with van der Waals surface area (Å²) in [5.74, 6) is 0.610. The van der Waals surface area contributed by atoms with Gasteiger partial charge in [0.25, 0.3) is 0 Å². The van der Waals surface area contributed by atoms with Gasteiger partial charge in [0.05, 0.1) is 27.9 Å². The van der Waals surface area contributed by atoms with Crippen molar-refractivity contribution >= 4 is 38.3 Å². The molecule has 0 atom stereocenters. The van der Waals surface area contributed by atoms with Gasteiger partial charge in [-0.2, -0.15) is 0 Å². The van der Waals surface area contributed by atoms with Crippen molar-refractivity contribution in [1.29, 1.82) is 0 Å². The van der Waals surface area contributed by atoms with E-state index in [0.717, 1.165) is 60.9 Å². The summed E-state index contributed by atoms with van der Waals surface area (Å²) in [6, 6.07) is 37.7. The predicted molar refractivity (Wildman–Crippen MR) is 167 cm³/mol. The standard InChI is InChI=1S/C36H26N4/c1-3-13-25(4-2)31-24-32(26-14-7-5-8-15-26)38-36(37-31)40-34-19-12-11-18-28(34)29-20-21-33-30(35(29)40)22-23-39(33)27-16-9-6-10-17-27/h3-24H,1-2H2/b25-13+. The number of benzene rings is 4.